The van der Waals surface area contributed by atoms with Crippen molar-refractivity contribution >= 4 is 17.8 Å². The van der Waals surface area contributed by atoms with E-state index in [4.69, 9.17) is 0 Å². The molecule has 1 aromatic carbocycles. The number of aliphatic carboxylic acids is 1. The predicted molar refractivity (Wildman–Crippen MR) is 93.8 cm³/mol. The summed E-state index contributed by atoms with van der Waals surface area (Å²) in [4.78, 5) is 39.3. The van der Waals surface area contributed by atoms with Gasteiger partial charge in [-0.15, -0.1) is 0 Å². The van der Waals surface area contributed by atoms with Crippen molar-refractivity contribution in [1.82, 2.24) is 9.80 Å². The summed E-state index contributed by atoms with van der Waals surface area (Å²) in [5, 5.41) is 9.34. The van der Waals surface area contributed by atoms with Crippen LogP contribution in [0.15, 0.2) is 30.3 Å². The molecule has 1 unspecified atom stereocenters. The second-order valence-electron chi connectivity index (χ2n) is 6.50. The van der Waals surface area contributed by atoms with Crippen molar-refractivity contribution in [3.05, 3.63) is 35.9 Å². The van der Waals surface area contributed by atoms with Gasteiger partial charge in [0.05, 0.1) is 6.54 Å². The standard InChI is InChI=1S/C19H26N2O4/c1-15(19(24)25)21(13-16-9-5-4-6-10-16)18(23)14-20-12-8-3-2-7-11-17(20)22/h4-6,9-10,15H,2-3,7-8,11-14H2,1H3,(H,24,25). The zero-order valence-corrected chi connectivity index (χ0v) is 14.7. The smallest absolute Gasteiger partial charge is 0.326 e. The lowest BCUT2D eigenvalue weighted by atomic mass is 10.1. The second kappa shape index (κ2) is 9.20. The quantitative estimate of drug-likeness (QED) is 0.857. The summed E-state index contributed by atoms with van der Waals surface area (Å²) in [6.45, 7) is 2.22. The van der Waals surface area contributed by atoms with Crippen LogP contribution in [-0.2, 0) is 20.9 Å². The van der Waals surface area contributed by atoms with Crippen molar-refractivity contribution in [3.8, 4) is 0 Å². The molecule has 0 bridgehead atoms. The molecule has 1 aliphatic heterocycles. The van der Waals surface area contributed by atoms with Gasteiger partial charge in [-0.1, -0.05) is 43.2 Å². The fourth-order valence-electron chi connectivity index (χ4n) is 2.99. The first-order chi connectivity index (χ1) is 12.0. The molecule has 2 amide bonds. The number of carbonyl (C=O) groups is 3. The van der Waals surface area contributed by atoms with E-state index in [-0.39, 0.29) is 24.9 Å². The van der Waals surface area contributed by atoms with Crippen LogP contribution in [-0.4, -0.2) is 51.8 Å². The average molecular weight is 346 g/mol. The molecule has 6 nitrogen and oxygen atoms in total. The van der Waals surface area contributed by atoms with Gasteiger partial charge in [0.15, 0.2) is 0 Å². The lowest BCUT2D eigenvalue weighted by Gasteiger charge is -2.31. The van der Waals surface area contributed by atoms with E-state index in [1.807, 2.05) is 30.3 Å². The molecule has 1 aromatic rings. The highest BCUT2D eigenvalue weighted by Crippen LogP contribution is 2.14. The third kappa shape index (κ3) is 5.59. The van der Waals surface area contributed by atoms with Crippen molar-refractivity contribution in [3.63, 3.8) is 0 Å². The fourth-order valence-corrected chi connectivity index (χ4v) is 2.99. The van der Waals surface area contributed by atoms with Crippen molar-refractivity contribution < 1.29 is 19.5 Å². The number of carboxylic acids is 1. The molecule has 1 aliphatic rings. The molecule has 2 rings (SSSR count). The third-order valence-electron chi connectivity index (χ3n) is 4.59. The van der Waals surface area contributed by atoms with Gasteiger partial charge >= 0.3 is 5.97 Å². The van der Waals surface area contributed by atoms with E-state index in [9.17, 15) is 19.5 Å². The van der Waals surface area contributed by atoms with E-state index in [1.165, 1.54) is 11.8 Å². The number of hydrogen-bond acceptors (Lipinski definition) is 3. The Labute approximate surface area is 148 Å². The van der Waals surface area contributed by atoms with E-state index < -0.39 is 12.0 Å². The molecule has 1 heterocycles. The van der Waals surface area contributed by atoms with Crippen molar-refractivity contribution in [2.75, 3.05) is 13.1 Å². The largest absolute Gasteiger partial charge is 0.480 e. The molecule has 6 heteroatoms. The number of carboxylic acid groups (broad SMARTS) is 1. The minimum Gasteiger partial charge on any atom is -0.480 e. The molecule has 0 saturated carbocycles. The molecule has 0 aromatic heterocycles. The molecule has 0 radical (unpaired) electrons. The number of amides is 2. The Balaban J connectivity index is 2.10. The van der Waals surface area contributed by atoms with Gasteiger partial charge in [0.25, 0.3) is 0 Å². The topological polar surface area (TPSA) is 77.9 Å². The van der Waals surface area contributed by atoms with Gasteiger partial charge in [0.2, 0.25) is 11.8 Å². The summed E-state index contributed by atoms with van der Waals surface area (Å²) < 4.78 is 0. The van der Waals surface area contributed by atoms with Crippen molar-refractivity contribution in [2.24, 2.45) is 0 Å². The number of carbonyl (C=O) groups excluding carboxylic acids is 2. The molecular formula is C19H26N2O4. The van der Waals surface area contributed by atoms with Gasteiger partial charge in [-0.2, -0.15) is 0 Å². The van der Waals surface area contributed by atoms with Crippen LogP contribution in [0.5, 0.6) is 0 Å². The van der Waals surface area contributed by atoms with Crippen molar-refractivity contribution in [1.29, 1.82) is 0 Å². The van der Waals surface area contributed by atoms with Gasteiger partial charge in [-0.3, -0.25) is 9.59 Å². The predicted octanol–water partition coefficient (Wildman–Crippen LogP) is 2.28. The minimum atomic E-state index is -1.05. The lowest BCUT2D eigenvalue weighted by Crippen LogP contribution is -2.48. The maximum atomic E-state index is 12.8. The maximum Gasteiger partial charge on any atom is 0.326 e. The van der Waals surface area contributed by atoms with Crippen LogP contribution in [0.1, 0.15) is 44.6 Å². The zero-order chi connectivity index (χ0) is 18.2. The maximum absolute atomic E-state index is 12.8. The molecule has 1 N–H and O–H groups in total. The van der Waals surface area contributed by atoms with E-state index in [0.717, 1.165) is 31.2 Å². The summed E-state index contributed by atoms with van der Waals surface area (Å²) >= 11 is 0. The first-order valence-electron chi connectivity index (χ1n) is 8.83. The molecule has 1 fully saturated rings. The van der Waals surface area contributed by atoms with Crippen LogP contribution < -0.4 is 0 Å². The van der Waals surface area contributed by atoms with Crippen LogP contribution in [0, 0.1) is 0 Å². The summed E-state index contributed by atoms with van der Waals surface area (Å²) in [6.07, 6.45) is 4.29. The number of hydrogen-bond donors (Lipinski definition) is 1. The molecule has 0 aliphatic carbocycles. The first-order valence-corrected chi connectivity index (χ1v) is 8.83. The second-order valence-corrected chi connectivity index (χ2v) is 6.50. The monoisotopic (exact) mass is 346 g/mol. The van der Waals surface area contributed by atoms with Crippen LogP contribution in [0.25, 0.3) is 0 Å². The number of rotatable bonds is 6. The number of nitrogens with zero attached hydrogens (tertiary/aromatic N) is 2. The Bertz CT molecular complexity index is 603. The van der Waals surface area contributed by atoms with E-state index >= 15 is 0 Å². The van der Waals surface area contributed by atoms with Crippen molar-refractivity contribution in [2.45, 2.75) is 51.6 Å². The Hall–Kier alpha value is -2.37. The van der Waals surface area contributed by atoms with Crippen LogP contribution in [0.4, 0.5) is 0 Å². The molecule has 0 spiro atoms. The molecule has 1 atom stereocenters. The zero-order valence-electron chi connectivity index (χ0n) is 14.7. The summed E-state index contributed by atoms with van der Waals surface area (Å²) in [5.41, 5.74) is 0.864. The van der Waals surface area contributed by atoms with Gasteiger partial charge in [0.1, 0.15) is 6.04 Å². The first kappa shape index (κ1) is 19.0. The Kier molecular flexibility index (Phi) is 6.98. The van der Waals surface area contributed by atoms with E-state index in [0.29, 0.717) is 13.0 Å². The van der Waals surface area contributed by atoms with Crippen LogP contribution >= 0.6 is 0 Å². The molecule has 1 saturated heterocycles. The van der Waals surface area contributed by atoms with Gasteiger partial charge < -0.3 is 14.9 Å². The van der Waals surface area contributed by atoms with Gasteiger partial charge in [-0.25, -0.2) is 4.79 Å². The van der Waals surface area contributed by atoms with Crippen LogP contribution in [0.2, 0.25) is 0 Å². The summed E-state index contributed by atoms with van der Waals surface area (Å²) in [5.74, 6) is -1.40. The number of benzene rings is 1. The van der Waals surface area contributed by atoms with Crippen LogP contribution in [0.3, 0.4) is 0 Å². The normalized spacial score (nSPS) is 16.7. The lowest BCUT2D eigenvalue weighted by molar-refractivity contribution is -0.151. The minimum absolute atomic E-state index is 0.0179. The van der Waals surface area contributed by atoms with Gasteiger partial charge in [-0.05, 0) is 25.3 Å². The Morgan fingerprint density at radius 3 is 2.52 bits per heavy atom. The molecule has 25 heavy (non-hydrogen) atoms. The fraction of sp³-hybridized carbons (Fsp3) is 0.526. The summed E-state index contributed by atoms with van der Waals surface area (Å²) in [7, 11) is 0. The Morgan fingerprint density at radius 2 is 1.84 bits per heavy atom. The van der Waals surface area contributed by atoms with E-state index in [2.05, 4.69) is 0 Å². The van der Waals surface area contributed by atoms with E-state index in [1.54, 1.807) is 4.90 Å². The molecular weight excluding hydrogens is 320 g/mol. The highest BCUT2D eigenvalue weighted by molar-refractivity contribution is 5.88. The third-order valence-corrected chi connectivity index (χ3v) is 4.59. The number of likely N-dealkylation sites (tertiary alicyclic amines) is 1. The van der Waals surface area contributed by atoms with Gasteiger partial charge in [0, 0.05) is 19.5 Å². The highest BCUT2D eigenvalue weighted by atomic mass is 16.4. The highest BCUT2D eigenvalue weighted by Gasteiger charge is 2.28. The SMILES string of the molecule is CC(C(=O)O)N(Cc1ccccc1)C(=O)CN1CCCCCCC1=O. The Morgan fingerprint density at radius 1 is 1.16 bits per heavy atom. The average Bonchev–Trinajstić information content (AvgIpc) is 2.59. The summed E-state index contributed by atoms with van der Waals surface area (Å²) in [6, 6.07) is 8.34. The molecule has 136 valence electrons.